The van der Waals surface area contributed by atoms with Gasteiger partial charge in [-0.15, -0.1) is 0 Å². The van der Waals surface area contributed by atoms with Crippen LogP contribution in [-0.4, -0.2) is 25.1 Å². The zero-order valence-corrected chi connectivity index (χ0v) is 9.04. The second-order valence-corrected chi connectivity index (χ2v) is 3.36. The summed E-state index contributed by atoms with van der Waals surface area (Å²) in [6, 6.07) is 3.02. The Kier molecular flexibility index (Phi) is 2.95. The van der Waals surface area contributed by atoms with Gasteiger partial charge in [-0.05, 0) is 13.0 Å². The maximum absolute atomic E-state index is 10.8. The van der Waals surface area contributed by atoms with Crippen LogP contribution < -0.4 is 5.32 Å². The molecule has 0 aliphatic heterocycles. The first-order chi connectivity index (χ1) is 8.16. The number of hydrogen-bond donors (Lipinski definition) is 2. The minimum atomic E-state index is -0.477. The number of pyridine rings is 1. The highest BCUT2D eigenvalue weighted by atomic mass is 16.6. The van der Waals surface area contributed by atoms with Crippen LogP contribution >= 0.6 is 0 Å². The van der Waals surface area contributed by atoms with Gasteiger partial charge in [0.05, 0.1) is 11.5 Å². The van der Waals surface area contributed by atoms with Crippen molar-refractivity contribution in [2.24, 2.45) is 0 Å². The van der Waals surface area contributed by atoms with E-state index in [0.717, 1.165) is 0 Å². The maximum Gasteiger partial charge on any atom is 0.311 e. The molecule has 17 heavy (non-hydrogen) atoms. The quantitative estimate of drug-likeness (QED) is 0.603. The summed E-state index contributed by atoms with van der Waals surface area (Å²) in [6.07, 6.45) is 1.37. The molecule has 0 radical (unpaired) electrons. The lowest BCUT2D eigenvalue weighted by atomic mass is 10.3. The number of aromatic amines is 1. The van der Waals surface area contributed by atoms with Gasteiger partial charge in [-0.2, -0.15) is 5.10 Å². The highest BCUT2D eigenvalue weighted by molar-refractivity contribution is 5.55. The molecular formula is C9H10N6O2. The Morgan fingerprint density at radius 3 is 3.00 bits per heavy atom. The van der Waals surface area contributed by atoms with Crippen LogP contribution in [0.5, 0.6) is 0 Å². The molecule has 2 aromatic heterocycles. The lowest BCUT2D eigenvalue weighted by Crippen LogP contribution is -2.06. The molecule has 0 aromatic carbocycles. The van der Waals surface area contributed by atoms with E-state index >= 15 is 0 Å². The summed E-state index contributed by atoms with van der Waals surface area (Å²) in [5.74, 6) is 0.814. The zero-order chi connectivity index (χ0) is 12.3. The Morgan fingerprint density at radius 2 is 2.35 bits per heavy atom. The monoisotopic (exact) mass is 234 g/mol. The molecule has 0 unspecified atom stereocenters. The van der Waals surface area contributed by atoms with Crippen molar-refractivity contribution in [1.29, 1.82) is 0 Å². The van der Waals surface area contributed by atoms with E-state index in [1.54, 1.807) is 13.0 Å². The highest BCUT2D eigenvalue weighted by Crippen LogP contribution is 2.21. The molecule has 2 aromatic rings. The van der Waals surface area contributed by atoms with Crippen molar-refractivity contribution in [3.8, 4) is 0 Å². The third kappa shape index (κ3) is 2.54. The molecule has 0 bridgehead atoms. The fraction of sp³-hybridized carbons (Fsp3) is 0.222. The molecule has 0 aliphatic rings. The Hall–Kier alpha value is -2.51. The molecular weight excluding hydrogens is 224 g/mol. The first kappa shape index (κ1) is 11.0. The molecule has 2 rings (SSSR count). The van der Waals surface area contributed by atoms with E-state index in [1.807, 2.05) is 0 Å². The number of H-pyrrole nitrogens is 1. The largest absolute Gasteiger partial charge is 0.357 e. The fourth-order valence-electron chi connectivity index (χ4n) is 1.31. The summed E-state index contributed by atoms with van der Waals surface area (Å²) in [5.41, 5.74) is 0.644. The number of anilines is 1. The van der Waals surface area contributed by atoms with E-state index in [0.29, 0.717) is 18.1 Å². The number of nitro groups is 1. The summed E-state index contributed by atoms with van der Waals surface area (Å²) in [7, 11) is 0. The normalized spacial score (nSPS) is 10.2. The Balaban J connectivity index is 2.19. The standard InChI is InChI=1S/C9H10N6O2/c1-6-2-3-7(15(16)17)9(13-6)10-4-8-11-5-12-14-8/h2-3,5H,4H2,1H3,(H,10,13)(H,11,12,14). The molecule has 8 heteroatoms. The van der Waals surface area contributed by atoms with E-state index in [1.165, 1.54) is 12.4 Å². The van der Waals surface area contributed by atoms with Crippen molar-refractivity contribution in [2.75, 3.05) is 5.32 Å². The first-order valence-corrected chi connectivity index (χ1v) is 4.87. The van der Waals surface area contributed by atoms with E-state index < -0.39 is 4.92 Å². The minimum absolute atomic E-state index is 0.0601. The van der Waals surface area contributed by atoms with Crippen LogP contribution in [-0.2, 0) is 6.54 Å². The lowest BCUT2D eigenvalue weighted by Gasteiger charge is -2.04. The van der Waals surface area contributed by atoms with Crippen molar-refractivity contribution in [1.82, 2.24) is 20.2 Å². The van der Waals surface area contributed by atoms with Crippen LogP contribution in [0, 0.1) is 17.0 Å². The van der Waals surface area contributed by atoms with Gasteiger partial charge in [-0.25, -0.2) is 9.97 Å². The average Bonchev–Trinajstić information content (AvgIpc) is 2.78. The summed E-state index contributed by atoms with van der Waals surface area (Å²) in [4.78, 5) is 18.3. The topological polar surface area (TPSA) is 110 Å². The summed E-state index contributed by atoms with van der Waals surface area (Å²) < 4.78 is 0. The van der Waals surface area contributed by atoms with Crippen molar-refractivity contribution < 1.29 is 4.92 Å². The van der Waals surface area contributed by atoms with Crippen LogP contribution in [0.15, 0.2) is 18.5 Å². The van der Waals surface area contributed by atoms with Crippen molar-refractivity contribution in [3.05, 3.63) is 40.1 Å². The SMILES string of the molecule is Cc1ccc([N+](=O)[O-])c(NCc2ncn[nH]2)n1. The van der Waals surface area contributed by atoms with E-state index in [4.69, 9.17) is 0 Å². The molecule has 2 N–H and O–H groups in total. The average molecular weight is 234 g/mol. The van der Waals surface area contributed by atoms with Crippen LogP contribution in [0.25, 0.3) is 0 Å². The summed E-state index contributed by atoms with van der Waals surface area (Å²) in [6.45, 7) is 2.07. The molecule has 0 amide bonds. The van der Waals surface area contributed by atoms with Gasteiger partial charge in [0.25, 0.3) is 0 Å². The third-order valence-corrected chi connectivity index (χ3v) is 2.10. The smallest absolute Gasteiger partial charge is 0.311 e. The highest BCUT2D eigenvalue weighted by Gasteiger charge is 2.14. The van der Waals surface area contributed by atoms with Crippen molar-refractivity contribution in [3.63, 3.8) is 0 Å². The number of nitrogens with zero attached hydrogens (tertiary/aromatic N) is 4. The van der Waals surface area contributed by atoms with Gasteiger partial charge in [0.15, 0.2) is 0 Å². The molecule has 8 nitrogen and oxygen atoms in total. The second kappa shape index (κ2) is 4.56. The van der Waals surface area contributed by atoms with Crippen LogP contribution in [0.2, 0.25) is 0 Å². The maximum atomic E-state index is 10.8. The molecule has 0 aliphatic carbocycles. The van der Waals surface area contributed by atoms with Crippen molar-refractivity contribution in [2.45, 2.75) is 13.5 Å². The molecule has 88 valence electrons. The van der Waals surface area contributed by atoms with Crippen LogP contribution in [0.3, 0.4) is 0 Å². The summed E-state index contributed by atoms with van der Waals surface area (Å²) in [5, 5.41) is 20.0. The Morgan fingerprint density at radius 1 is 1.53 bits per heavy atom. The number of aryl methyl sites for hydroxylation is 1. The fourth-order valence-corrected chi connectivity index (χ4v) is 1.31. The predicted octanol–water partition coefficient (Wildman–Crippen LogP) is 1.03. The molecule has 0 saturated heterocycles. The Labute approximate surface area is 96.3 Å². The van der Waals surface area contributed by atoms with Gasteiger partial charge >= 0.3 is 5.69 Å². The molecule has 0 saturated carbocycles. The van der Waals surface area contributed by atoms with Crippen LogP contribution in [0.4, 0.5) is 11.5 Å². The number of aromatic nitrogens is 4. The number of rotatable bonds is 4. The summed E-state index contributed by atoms with van der Waals surface area (Å²) >= 11 is 0. The van der Waals surface area contributed by atoms with Gasteiger partial charge in [0, 0.05) is 11.8 Å². The third-order valence-electron chi connectivity index (χ3n) is 2.10. The van der Waals surface area contributed by atoms with Crippen LogP contribution in [0.1, 0.15) is 11.5 Å². The minimum Gasteiger partial charge on any atom is -0.357 e. The van der Waals surface area contributed by atoms with Crippen molar-refractivity contribution >= 4 is 11.5 Å². The Bertz CT molecular complexity index is 524. The first-order valence-electron chi connectivity index (χ1n) is 4.87. The molecule has 0 fully saturated rings. The van der Waals surface area contributed by atoms with E-state index in [-0.39, 0.29) is 11.5 Å². The number of nitrogens with one attached hydrogen (secondary N) is 2. The van der Waals surface area contributed by atoms with E-state index in [2.05, 4.69) is 25.5 Å². The predicted molar refractivity (Wildman–Crippen MR) is 59.3 cm³/mol. The van der Waals surface area contributed by atoms with Gasteiger partial charge in [0.2, 0.25) is 5.82 Å². The molecule has 0 spiro atoms. The van der Waals surface area contributed by atoms with Gasteiger partial charge in [-0.1, -0.05) is 0 Å². The van der Waals surface area contributed by atoms with Gasteiger partial charge in [-0.3, -0.25) is 15.2 Å². The molecule has 2 heterocycles. The van der Waals surface area contributed by atoms with E-state index in [9.17, 15) is 10.1 Å². The van der Waals surface area contributed by atoms with Gasteiger partial charge < -0.3 is 5.32 Å². The second-order valence-electron chi connectivity index (χ2n) is 3.36. The lowest BCUT2D eigenvalue weighted by molar-refractivity contribution is -0.384. The molecule has 0 atom stereocenters. The number of hydrogen-bond acceptors (Lipinski definition) is 6. The van der Waals surface area contributed by atoms with Gasteiger partial charge in [0.1, 0.15) is 12.2 Å². The zero-order valence-electron chi connectivity index (χ0n) is 9.04.